The molecule has 0 aliphatic carbocycles. The summed E-state index contributed by atoms with van der Waals surface area (Å²) in [4.78, 5) is 12.1. The van der Waals surface area contributed by atoms with Crippen LogP contribution in [0, 0.1) is 6.92 Å². The summed E-state index contributed by atoms with van der Waals surface area (Å²) in [5, 5.41) is 8.38. The highest BCUT2D eigenvalue weighted by molar-refractivity contribution is 5.90. The van der Waals surface area contributed by atoms with Crippen molar-refractivity contribution in [2.75, 3.05) is 5.73 Å². The third kappa shape index (κ3) is 4.92. The van der Waals surface area contributed by atoms with Crippen LogP contribution in [-0.2, 0) is 4.74 Å². The molecule has 0 amide bonds. The molecule has 0 aliphatic rings. The smallest absolute Gasteiger partial charge is 0.338 e. The van der Waals surface area contributed by atoms with E-state index >= 15 is 0 Å². The Kier molecular flexibility index (Phi) is 4.79. The van der Waals surface area contributed by atoms with Crippen LogP contribution in [0.1, 0.15) is 36.7 Å². The molecule has 0 fully saturated rings. The SMILES string of the molecule is Cc1ccc(N)cc1N=Nc1cccc(C(=O)OC(C)(C)C)c1. The van der Waals surface area contributed by atoms with Gasteiger partial charge >= 0.3 is 5.97 Å². The van der Waals surface area contributed by atoms with E-state index in [-0.39, 0.29) is 5.97 Å². The van der Waals surface area contributed by atoms with E-state index in [0.29, 0.717) is 22.6 Å². The molecule has 120 valence electrons. The number of rotatable bonds is 3. The van der Waals surface area contributed by atoms with E-state index in [1.807, 2.05) is 39.8 Å². The lowest BCUT2D eigenvalue weighted by atomic mass is 10.1. The van der Waals surface area contributed by atoms with E-state index in [1.165, 1.54) is 0 Å². The molecule has 5 nitrogen and oxygen atoms in total. The number of hydrogen-bond donors (Lipinski definition) is 1. The summed E-state index contributed by atoms with van der Waals surface area (Å²) in [6.45, 7) is 7.43. The minimum atomic E-state index is -0.534. The van der Waals surface area contributed by atoms with Gasteiger partial charge in [0, 0.05) is 5.69 Å². The van der Waals surface area contributed by atoms with Crippen molar-refractivity contribution >= 4 is 23.0 Å². The molecule has 0 radical (unpaired) electrons. The first kappa shape index (κ1) is 16.7. The van der Waals surface area contributed by atoms with E-state index in [1.54, 1.807) is 30.3 Å². The molecule has 2 aromatic rings. The molecule has 0 aromatic heterocycles. The van der Waals surface area contributed by atoms with Crippen LogP contribution in [0.25, 0.3) is 0 Å². The molecule has 23 heavy (non-hydrogen) atoms. The number of benzene rings is 2. The number of hydrogen-bond acceptors (Lipinski definition) is 5. The van der Waals surface area contributed by atoms with Gasteiger partial charge < -0.3 is 10.5 Å². The Hall–Kier alpha value is -2.69. The highest BCUT2D eigenvalue weighted by Crippen LogP contribution is 2.25. The Morgan fingerprint density at radius 2 is 1.83 bits per heavy atom. The van der Waals surface area contributed by atoms with Gasteiger partial charge in [-0.1, -0.05) is 12.1 Å². The molecule has 0 aliphatic heterocycles. The fourth-order valence-electron chi connectivity index (χ4n) is 1.88. The topological polar surface area (TPSA) is 77.0 Å². The number of aryl methyl sites for hydroxylation is 1. The van der Waals surface area contributed by atoms with E-state index in [4.69, 9.17) is 10.5 Å². The monoisotopic (exact) mass is 311 g/mol. The van der Waals surface area contributed by atoms with Crippen LogP contribution in [0.3, 0.4) is 0 Å². The Balaban J connectivity index is 2.21. The second kappa shape index (κ2) is 6.60. The Morgan fingerprint density at radius 3 is 2.52 bits per heavy atom. The number of nitrogens with zero attached hydrogens (tertiary/aromatic N) is 2. The predicted octanol–water partition coefficient (Wildman–Crippen LogP) is 4.95. The van der Waals surface area contributed by atoms with Crippen LogP contribution in [0.5, 0.6) is 0 Å². The number of azo groups is 1. The highest BCUT2D eigenvalue weighted by Gasteiger charge is 2.17. The number of nitrogen functional groups attached to an aromatic ring is 1. The van der Waals surface area contributed by atoms with Crippen molar-refractivity contribution in [3.05, 3.63) is 53.6 Å². The molecule has 2 rings (SSSR count). The van der Waals surface area contributed by atoms with Crippen LogP contribution < -0.4 is 5.73 Å². The first-order valence-corrected chi connectivity index (χ1v) is 7.36. The maximum atomic E-state index is 12.1. The van der Waals surface area contributed by atoms with Gasteiger partial charge in [0.15, 0.2) is 0 Å². The molecule has 0 saturated heterocycles. The first-order valence-electron chi connectivity index (χ1n) is 7.36. The zero-order valence-corrected chi connectivity index (χ0v) is 13.8. The van der Waals surface area contributed by atoms with Gasteiger partial charge in [-0.2, -0.15) is 10.2 Å². The Labute approximate surface area is 136 Å². The van der Waals surface area contributed by atoms with Crippen LogP contribution in [0.15, 0.2) is 52.7 Å². The number of nitrogens with two attached hydrogens (primary N) is 1. The minimum Gasteiger partial charge on any atom is -0.456 e. The number of carbonyl (C=O) groups excluding carboxylic acids is 1. The predicted molar refractivity (Wildman–Crippen MR) is 91.4 cm³/mol. The normalized spacial score (nSPS) is 11.7. The average Bonchev–Trinajstić information content (AvgIpc) is 2.47. The minimum absolute atomic E-state index is 0.380. The van der Waals surface area contributed by atoms with Crippen molar-refractivity contribution in [2.24, 2.45) is 10.2 Å². The number of anilines is 1. The summed E-state index contributed by atoms with van der Waals surface area (Å²) in [7, 11) is 0. The molecule has 0 saturated carbocycles. The Bertz CT molecular complexity index is 746. The van der Waals surface area contributed by atoms with Crippen molar-refractivity contribution in [1.82, 2.24) is 0 Å². The molecular formula is C18H21N3O2. The lowest BCUT2D eigenvalue weighted by molar-refractivity contribution is 0.00696. The van der Waals surface area contributed by atoms with Crippen molar-refractivity contribution in [3.8, 4) is 0 Å². The fourth-order valence-corrected chi connectivity index (χ4v) is 1.88. The number of ether oxygens (including phenoxy) is 1. The van der Waals surface area contributed by atoms with Crippen LogP contribution in [-0.4, -0.2) is 11.6 Å². The third-order valence-electron chi connectivity index (χ3n) is 2.99. The molecular weight excluding hydrogens is 290 g/mol. The molecule has 0 atom stereocenters. The Morgan fingerprint density at radius 1 is 1.09 bits per heavy atom. The summed E-state index contributed by atoms with van der Waals surface area (Å²) in [6.07, 6.45) is 0. The number of esters is 1. The van der Waals surface area contributed by atoms with Gasteiger partial charge in [-0.15, -0.1) is 0 Å². The lowest BCUT2D eigenvalue weighted by Crippen LogP contribution is -2.23. The molecule has 0 spiro atoms. The second-order valence-corrected chi connectivity index (χ2v) is 6.30. The van der Waals surface area contributed by atoms with Gasteiger partial charge in [0.25, 0.3) is 0 Å². The lowest BCUT2D eigenvalue weighted by Gasteiger charge is -2.19. The molecule has 0 heterocycles. The largest absolute Gasteiger partial charge is 0.456 e. The van der Waals surface area contributed by atoms with Gasteiger partial charge in [0.1, 0.15) is 5.60 Å². The summed E-state index contributed by atoms with van der Waals surface area (Å²) in [6, 6.07) is 12.3. The fraction of sp³-hybridized carbons (Fsp3) is 0.278. The van der Waals surface area contributed by atoms with Gasteiger partial charge in [0.2, 0.25) is 0 Å². The van der Waals surface area contributed by atoms with Gasteiger partial charge in [-0.25, -0.2) is 4.79 Å². The average molecular weight is 311 g/mol. The highest BCUT2D eigenvalue weighted by atomic mass is 16.6. The van der Waals surface area contributed by atoms with E-state index in [9.17, 15) is 4.79 Å². The number of carbonyl (C=O) groups is 1. The maximum Gasteiger partial charge on any atom is 0.338 e. The van der Waals surface area contributed by atoms with Crippen molar-refractivity contribution in [1.29, 1.82) is 0 Å². The third-order valence-corrected chi connectivity index (χ3v) is 2.99. The summed E-state index contributed by atoms with van der Waals surface area (Å²) >= 11 is 0. The summed E-state index contributed by atoms with van der Waals surface area (Å²) in [5.74, 6) is -0.380. The standard InChI is InChI=1S/C18H21N3O2/c1-12-8-9-14(19)11-16(12)21-20-15-7-5-6-13(10-15)17(22)23-18(2,3)4/h5-11H,19H2,1-4H3. The van der Waals surface area contributed by atoms with Gasteiger partial charge in [-0.05, 0) is 63.6 Å². The zero-order chi connectivity index (χ0) is 17.0. The van der Waals surface area contributed by atoms with E-state index < -0.39 is 5.60 Å². The quantitative estimate of drug-likeness (QED) is 0.495. The van der Waals surface area contributed by atoms with E-state index in [0.717, 1.165) is 5.56 Å². The van der Waals surface area contributed by atoms with Crippen LogP contribution in [0.4, 0.5) is 17.1 Å². The summed E-state index contributed by atoms with van der Waals surface area (Å²) in [5.41, 5.74) is 8.56. The van der Waals surface area contributed by atoms with Gasteiger partial charge in [0.05, 0.1) is 16.9 Å². The maximum absolute atomic E-state index is 12.1. The molecule has 2 aromatic carbocycles. The molecule has 2 N–H and O–H groups in total. The van der Waals surface area contributed by atoms with Crippen LogP contribution in [0.2, 0.25) is 0 Å². The summed E-state index contributed by atoms with van der Waals surface area (Å²) < 4.78 is 5.35. The van der Waals surface area contributed by atoms with Crippen LogP contribution >= 0.6 is 0 Å². The van der Waals surface area contributed by atoms with Gasteiger partial charge in [-0.3, -0.25) is 0 Å². The zero-order valence-electron chi connectivity index (χ0n) is 13.8. The molecule has 0 bridgehead atoms. The van der Waals surface area contributed by atoms with E-state index in [2.05, 4.69) is 10.2 Å². The van der Waals surface area contributed by atoms with Crippen molar-refractivity contribution in [3.63, 3.8) is 0 Å². The first-order chi connectivity index (χ1) is 10.7. The molecule has 5 heteroatoms. The van der Waals surface area contributed by atoms with Crippen molar-refractivity contribution < 1.29 is 9.53 Å². The second-order valence-electron chi connectivity index (χ2n) is 6.30. The molecule has 0 unspecified atom stereocenters. The van der Waals surface area contributed by atoms with Crippen molar-refractivity contribution in [2.45, 2.75) is 33.3 Å².